The first kappa shape index (κ1) is 23.7. The van der Waals surface area contributed by atoms with Gasteiger partial charge in [0.15, 0.2) is 0 Å². The van der Waals surface area contributed by atoms with E-state index in [1.807, 2.05) is 12.4 Å². The maximum absolute atomic E-state index is 11.3. The monoisotopic (exact) mass is 440 g/mol. The summed E-state index contributed by atoms with van der Waals surface area (Å²) in [6.45, 7) is 3.00. The lowest BCUT2D eigenvalue weighted by molar-refractivity contribution is 0.0322. The molecular formula is C27H44N4O. The van der Waals surface area contributed by atoms with Gasteiger partial charge in [-0.1, -0.05) is 51.9 Å². The Labute approximate surface area is 194 Å². The molecule has 2 saturated carbocycles. The molecule has 5 heteroatoms. The summed E-state index contributed by atoms with van der Waals surface area (Å²) >= 11 is 0. The van der Waals surface area contributed by atoms with Crippen molar-refractivity contribution in [2.45, 2.75) is 115 Å². The maximum Gasteiger partial charge on any atom is 0.0974 e. The fourth-order valence-corrected chi connectivity index (χ4v) is 6.48. The average molecular weight is 441 g/mol. The van der Waals surface area contributed by atoms with Crippen molar-refractivity contribution in [1.82, 2.24) is 10.3 Å². The van der Waals surface area contributed by atoms with E-state index in [0.717, 1.165) is 37.6 Å². The summed E-state index contributed by atoms with van der Waals surface area (Å²) < 4.78 is 0. The van der Waals surface area contributed by atoms with Crippen LogP contribution in [0.25, 0.3) is 0 Å². The number of aliphatic hydroxyl groups excluding tert-OH is 1. The molecule has 1 aliphatic heterocycles. The Morgan fingerprint density at radius 2 is 1.78 bits per heavy atom. The molecule has 0 amide bonds. The van der Waals surface area contributed by atoms with Crippen molar-refractivity contribution < 1.29 is 5.11 Å². The molecule has 0 spiro atoms. The van der Waals surface area contributed by atoms with E-state index in [1.165, 1.54) is 69.8 Å². The number of pyridine rings is 1. The highest BCUT2D eigenvalue weighted by molar-refractivity contribution is 5.83. The van der Waals surface area contributed by atoms with Gasteiger partial charge in [0, 0.05) is 30.9 Å². The highest BCUT2D eigenvalue weighted by Gasteiger charge is 2.44. The molecule has 2 fully saturated rings. The summed E-state index contributed by atoms with van der Waals surface area (Å²) in [5, 5.41) is 15.1. The zero-order valence-electron chi connectivity index (χ0n) is 20.0. The molecule has 5 atom stereocenters. The third-order valence-electron chi connectivity index (χ3n) is 8.53. The van der Waals surface area contributed by atoms with E-state index in [0.29, 0.717) is 12.0 Å². The molecule has 2 heterocycles. The Morgan fingerprint density at radius 1 is 1.03 bits per heavy atom. The Kier molecular flexibility index (Phi) is 8.22. The zero-order valence-corrected chi connectivity index (χ0v) is 20.0. The molecule has 32 heavy (non-hydrogen) atoms. The van der Waals surface area contributed by atoms with Gasteiger partial charge in [0.25, 0.3) is 0 Å². The second-order valence-corrected chi connectivity index (χ2v) is 11.0. The molecule has 0 aromatic carbocycles. The predicted octanol–water partition coefficient (Wildman–Crippen LogP) is 4.98. The summed E-state index contributed by atoms with van der Waals surface area (Å²) in [7, 11) is 0. The van der Waals surface area contributed by atoms with Crippen LogP contribution in [-0.2, 0) is 6.54 Å². The molecule has 1 aromatic heterocycles. The molecule has 2 unspecified atom stereocenters. The lowest BCUT2D eigenvalue weighted by Gasteiger charge is -2.44. The first-order valence-electron chi connectivity index (χ1n) is 13.2. The van der Waals surface area contributed by atoms with Crippen molar-refractivity contribution in [3.8, 4) is 0 Å². The van der Waals surface area contributed by atoms with E-state index in [1.54, 1.807) is 0 Å². The van der Waals surface area contributed by atoms with Crippen LogP contribution in [0.2, 0.25) is 0 Å². The summed E-state index contributed by atoms with van der Waals surface area (Å²) in [4.78, 5) is 9.21. The minimum Gasteiger partial charge on any atom is -0.391 e. The van der Waals surface area contributed by atoms with Crippen LogP contribution < -0.4 is 11.1 Å². The van der Waals surface area contributed by atoms with Crippen LogP contribution in [0, 0.1) is 17.8 Å². The van der Waals surface area contributed by atoms with Crippen LogP contribution in [0.1, 0.15) is 96.0 Å². The molecule has 0 radical (unpaired) electrons. The number of hydrogen-bond donors (Lipinski definition) is 3. The van der Waals surface area contributed by atoms with E-state index in [4.69, 9.17) is 10.7 Å². The molecule has 0 saturated heterocycles. The van der Waals surface area contributed by atoms with Crippen molar-refractivity contribution in [1.29, 1.82) is 0 Å². The SMILES string of the molecule is CC1CC(O)[C@@](CCC2CCCCC2)(C[C@H]2CCC[C@@H](NCc3ccncc3)C2)N=C1N. The zero-order chi connectivity index (χ0) is 22.4. The number of rotatable bonds is 8. The fourth-order valence-electron chi connectivity index (χ4n) is 6.48. The summed E-state index contributed by atoms with van der Waals surface area (Å²) in [6.07, 6.45) is 19.1. The molecule has 1 aromatic rings. The van der Waals surface area contributed by atoms with Gasteiger partial charge < -0.3 is 16.2 Å². The molecule has 0 bridgehead atoms. The van der Waals surface area contributed by atoms with E-state index < -0.39 is 0 Å². The van der Waals surface area contributed by atoms with Crippen LogP contribution in [-0.4, -0.2) is 33.6 Å². The van der Waals surface area contributed by atoms with Gasteiger partial charge in [-0.05, 0) is 68.1 Å². The minimum atomic E-state index is -0.369. The minimum absolute atomic E-state index is 0.189. The van der Waals surface area contributed by atoms with Crippen molar-refractivity contribution in [2.24, 2.45) is 28.5 Å². The lowest BCUT2D eigenvalue weighted by atomic mass is 9.69. The number of nitrogens with zero attached hydrogens (tertiary/aromatic N) is 2. The number of amidine groups is 1. The standard InChI is InChI=1S/C27H44N4O/c1-20-16-25(32)27(31-26(20)28,13-10-21-6-3-2-4-7-21)18-23-8-5-9-24(17-23)30-19-22-11-14-29-15-12-22/h11-12,14-15,20-21,23-25,30,32H,2-10,13,16-19H2,1H3,(H2,28,31)/t20?,23-,24+,25?,27+/m0/s1. The van der Waals surface area contributed by atoms with E-state index in [2.05, 4.69) is 29.4 Å². The van der Waals surface area contributed by atoms with Crippen LogP contribution in [0.5, 0.6) is 0 Å². The van der Waals surface area contributed by atoms with Crippen LogP contribution in [0.15, 0.2) is 29.5 Å². The van der Waals surface area contributed by atoms with Crippen LogP contribution in [0.4, 0.5) is 0 Å². The lowest BCUT2D eigenvalue weighted by Crippen LogP contribution is -2.50. The summed E-state index contributed by atoms with van der Waals surface area (Å²) in [5.74, 6) is 2.37. The Morgan fingerprint density at radius 3 is 2.56 bits per heavy atom. The predicted molar refractivity (Wildman–Crippen MR) is 131 cm³/mol. The van der Waals surface area contributed by atoms with Crippen LogP contribution in [0.3, 0.4) is 0 Å². The Hall–Kier alpha value is -1.46. The number of hydrogen-bond acceptors (Lipinski definition) is 5. The van der Waals surface area contributed by atoms with Crippen molar-refractivity contribution >= 4 is 5.84 Å². The van der Waals surface area contributed by atoms with Gasteiger partial charge in [0.05, 0.1) is 17.5 Å². The third-order valence-corrected chi connectivity index (χ3v) is 8.53. The highest BCUT2D eigenvalue weighted by Crippen LogP contribution is 2.42. The van der Waals surface area contributed by atoms with Crippen molar-refractivity contribution in [3.05, 3.63) is 30.1 Å². The maximum atomic E-state index is 11.3. The first-order valence-corrected chi connectivity index (χ1v) is 13.2. The van der Waals surface area contributed by atoms with Gasteiger partial charge in [-0.15, -0.1) is 0 Å². The van der Waals surface area contributed by atoms with Crippen molar-refractivity contribution in [3.63, 3.8) is 0 Å². The van der Waals surface area contributed by atoms with E-state index in [9.17, 15) is 5.11 Å². The molecule has 2 aliphatic carbocycles. The molecular weight excluding hydrogens is 396 g/mol. The van der Waals surface area contributed by atoms with E-state index >= 15 is 0 Å². The molecule has 4 N–H and O–H groups in total. The number of aliphatic hydroxyl groups is 1. The van der Waals surface area contributed by atoms with Gasteiger partial charge in [-0.3, -0.25) is 9.98 Å². The van der Waals surface area contributed by atoms with Gasteiger partial charge in [0.2, 0.25) is 0 Å². The van der Waals surface area contributed by atoms with Gasteiger partial charge in [-0.2, -0.15) is 0 Å². The normalized spacial score (nSPS) is 34.2. The molecule has 4 rings (SSSR count). The highest BCUT2D eigenvalue weighted by atomic mass is 16.3. The summed E-state index contributed by atoms with van der Waals surface area (Å²) in [6, 6.07) is 4.72. The second kappa shape index (κ2) is 11.1. The van der Waals surface area contributed by atoms with Gasteiger partial charge >= 0.3 is 0 Å². The third kappa shape index (κ3) is 6.11. The largest absolute Gasteiger partial charge is 0.391 e. The number of nitrogens with one attached hydrogen (secondary N) is 1. The van der Waals surface area contributed by atoms with Gasteiger partial charge in [-0.25, -0.2) is 0 Å². The Bertz CT molecular complexity index is 732. The first-order chi connectivity index (χ1) is 15.5. The molecule has 5 nitrogen and oxygen atoms in total. The number of nitrogens with two attached hydrogens (primary N) is 1. The van der Waals surface area contributed by atoms with Crippen LogP contribution >= 0.6 is 0 Å². The quantitative estimate of drug-likeness (QED) is 0.532. The van der Waals surface area contributed by atoms with Gasteiger partial charge in [0.1, 0.15) is 0 Å². The fraction of sp³-hybridized carbons (Fsp3) is 0.778. The Balaban J connectivity index is 1.40. The molecule has 178 valence electrons. The smallest absolute Gasteiger partial charge is 0.0974 e. The van der Waals surface area contributed by atoms with E-state index in [-0.39, 0.29) is 17.6 Å². The number of aliphatic imine (C=N–C) groups is 1. The molecule has 3 aliphatic rings. The average Bonchev–Trinajstić information content (AvgIpc) is 2.82. The summed E-state index contributed by atoms with van der Waals surface area (Å²) in [5.41, 5.74) is 7.31. The number of aromatic nitrogens is 1. The topological polar surface area (TPSA) is 83.5 Å². The second-order valence-electron chi connectivity index (χ2n) is 11.0. The van der Waals surface area contributed by atoms with Crippen molar-refractivity contribution in [2.75, 3.05) is 0 Å².